The number of morpholine rings is 1. The van der Waals surface area contributed by atoms with Crippen molar-refractivity contribution < 1.29 is 9.53 Å². The Balaban J connectivity index is 2.27. The van der Waals surface area contributed by atoms with Crippen LogP contribution in [0.4, 0.5) is 0 Å². The summed E-state index contributed by atoms with van der Waals surface area (Å²) in [6.45, 7) is 11.1. The highest BCUT2D eigenvalue weighted by atomic mass is 16.5. The summed E-state index contributed by atoms with van der Waals surface area (Å²) in [5, 5.41) is 0. The summed E-state index contributed by atoms with van der Waals surface area (Å²) in [5.41, 5.74) is 0. The Hall–Kier alpha value is -0.610. The lowest BCUT2D eigenvalue weighted by molar-refractivity contribution is -0.132. The molecule has 1 fully saturated rings. The Bertz CT molecular complexity index is 269. The highest BCUT2D eigenvalue weighted by molar-refractivity contribution is 5.75. The number of carbonyl (C=O) groups is 1. The van der Waals surface area contributed by atoms with Crippen molar-refractivity contribution in [2.45, 2.75) is 46.1 Å². The number of rotatable bonds is 7. The van der Waals surface area contributed by atoms with E-state index >= 15 is 0 Å². The summed E-state index contributed by atoms with van der Waals surface area (Å²) in [6.07, 6.45) is 3.29. The van der Waals surface area contributed by atoms with Crippen molar-refractivity contribution in [3.05, 3.63) is 0 Å². The van der Waals surface area contributed by atoms with Gasteiger partial charge in [0.05, 0.1) is 12.7 Å². The average Bonchev–Trinajstić information content (AvgIpc) is 2.37. The Morgan fingerprint density at radius 3 is 2.84 bits per heavy atom. The Labute approximate surface area is 118 Å². The molecular weight excluding hydrogens is 240 g/mol. The van der Waals surface area contributed by atoms with Gasteiger partial charge in [0.1, 0.15) is 0 Å². The third kappa shape index (κ3) is 6.39. The largest absolute Gasteiger partial charge is 0.374 e. The predicted molar refractivity (Wildman–Crippen MR) is 78.2 cm³/mol. The molecule has 0 aliphatic carbocycles. The number of nitrogens with zero attached hydrogens (tertiary/aromatic N) is 2. The number of hydrogen-bond donors (Lipinski definition) is 0. The van der Waals surface area contributed by atoms with E-state index in [9.17, 15) is 4.79 Å². The summed E-state index contributed by atoms with van der Waals surface area (Å²) in [7, 11) is 1.87. The maximum Gasteiger partial charge on any atom is 0.222 e. The van der Waals surface area contributed by atoms with E-state index in [4.69, 9.17) is 4.74 Å². The minimum Gasteiger partial charge on any atom is -0.374 e. The van der Waals surface area contributed by atoms with Gasteiger partial charge in [0.25, 0.3) is 0 Å². The molecule has 0 N–H and O–H groups in total. The summed E-state index contributed by atoms with van der Waals surface area (Å²) >= 11 is 0. The third-order valence-electron chi connectivity index (χ3n) is 3.68. The fourth-order valence-corrected chi connectivity index (χ4v) is 2.49. The van der Waals surface area contributed by atoms with Crippen molar-refractivity contribution in [2.75, 3.05) is 39.8 Å². The van der Waals surface area contributed by atoms with Gasteiger partial charge in [0, 0.05) is 33.1 Å². The third-order valence-corrected chi connectivity index (χ3v) is 3.68. The SMILES string of the molecule is CCC(=O)N(C)C[C@H]1CN(CCCC(C)C)CCO1. The molecule has 0 aromatic rings. The molecule has 1 heterocycles. The number of carbonyl (C=O) groups excluding carboxylic acids is 1. The lowest BCUT2D eigenvalue weighted by Crippen LogP contribution is -2.48. The number of amides is 1. The quantitative estimate of drug-likeness (QED) is 0.709. The summed E-state index contributed by atoms with van der Waals surface area (Å²) in [5.74, 6) is 0.977. The maximum absolute atomic E-state index is 11.6. The molecule has 4 nitrogen and oxygen atoms in total. The van der Waals surface area contributed by atoms with Crippen molar-refractivity contribution in [2.24, 2.45) is 5.92 Å². The van der Waals surface area contributed by atoms with Gasteiger partial charge in [0.2, 0.25) is 5.91 Å². The minimum atomic E-state index is 0.174. The number of ether oxygens (including phenoxy) is 1. The molecule has 1 aliphatic rings. The second-order valence-corrected chi connectivity index (χ2v) is 5.96. The number of hydrogen-bond acceptors (Lipinski definition) is 3. The summed E-state index contributed by atoms with van der Waals surface area (Å²) in [6, 6.07) is 0. The highest BCUT2D eigenvalue weighted by Gasteiger charge is 2.22. The van der Waals surface area contributed by atoms with E-state index in [1.54, 1.807) is 4.90 Å². The smallest absolute Gasteiger partial charge is 0.222 e. The first-order valence-corrected chi connectivity index (χ1v) is 7.60. The normalized spacial score (nSPS) is 20.8. The van der Waals surface area contributed by atoms with Gasteiger partial charge in [-0.25, -0.2) is 0 Å². The zero-order chi connectivity index (χ0) is 14.3. The fourth-order valence-electron chi connectivity index (χ4n) is 2.49. The lowest BCUT2D eigenvalue weighted by atomic mass is 10.1. The molecule has 1 atom stereocenters. The molecule has 1 aliphatic heterocycles. The van der Waals surface area contributed by atoms with Crippen LogP contribution in [0.1, 0.15) is 40.0 Å². The molecule has 4 heteroatoms. The molecule has 0 aromatic carbocycles. The van der Waals surface area contributed by atoms with E-state index in [1.807, 2.05) is 14.0 Å². The summed E-state index contributed by atoms with van der Waals surface area (Å²) in [4.78, 5) is 15.8. The van der Waals surface area contributed by atoms with Gasteiger partial charge >= 0.3 is 0 Å². The topological polar surface area (TPSA) is 32.8 Å². The van der Waals surface area contributed by atoms with Crippen LogP contribution in [-0.4, -0.2) is 61.6 Å². The van der Waals surface area contributed by atoms with Crippen LogP contribution >= 0.6 is 0 Å². The van der Waals surface area contributed by atoms with E-state index in [1.165, 1.54) is 12.8 Å². The van der Waals surface area contributed by atoms with Crippen molar-refractivity contribution in [3.63, 3.8) is 0 Å². The molecular formula is C15H30N2O2. The second kappa shape index (κ2) is 8.54. The van der Waals surface area contributed by atoms with Crippen LogP contribution in [0, 0.1) is 5.92 Å². The van der Waals surface area contributed by atoms with Crippen LogP contribution in [0.15, 0.2) is 0 Å². The highest BCUT2D eigenvalue weighted by Crippen LogP contribution is 2.10. The predicted octanol–water partition coefficient (Wildman–Crippen LogP) is 1.99. The average molecular weight is 270 g/mol. The van der Waals surface area contributed by atoms with E-state index in [0.29, 0.717) is 13.0 Å². The number of likely N-dealkylation sites (N-methyl/N-ethyl adjacent to an activating group) is 1. The molecule has 0 saturated carbocycles. The van der Waals surface area contributed by atoms with Gasteiger partial charge in [-0.3, -0.25) is 9.69 Å². The van der Waals surface area contributed by atoms with E-state index < -0.39 is 0 Å². The lowest BCUT2D eigenvalue weighted by Gasteiger charge is -2.34. The Morgan fingerprint density at radius 2 is 2.21 bits per heavy atom. The van der Waals surface area contributed by atoms with Crippen LogP contribution in [0.3, 0.4) is 0 Å². The zero-order valence-electron chi connectivity index (χ0n) is 13.0. The van der Waals surface area contributed by atoms with Crippen LogP contribution in [0.25, 0.3) is 0 Å². The zero-order valence-corrected chi connectivity index (χ0v) is 13.0. The molecule has 19 heavy (non-hydrogen) atoms. The first kappa shape index (κ1) is 16.4. The van der Waals surface area contributed by atoms with Crippen molar-refractivity contribution in [3.8, 4) is 0 Å². The van der Waals surface area contributed by atoms with Gasteiger partial charge in [-0.2, -0.15) is 0 Å². The van der Waals surface area contributed by atoms with Gasteiger partial charge in [-0.05, 0) is 25.3 Å². The molecule has 0 spiro atoms. The van der Waals surface area contributed by atoms with E-state index in [2.05, 4.69) is 18.7 Å². The molecule has 0 radical (unpaired) electrons. The molecule has 0 aromatic heterocycles. The molecule has 112 valence electrons. The molecule has 1 rings (SSSR count). The Kier molecular flexibility index (Phi) is 7.39. The van der Waals surface area contributed by atoms with E-state index in [-0.39, 0.29) is 12.0 Å². The molecule has 0 unspecified atom stereocenters. The first-order valence-electron chi connectivity index (χ1n) is 7.60. The molecule has 0 bridgehead atoms. The van der Waals surface area contributed by atoms with Crippen LogP contribution < -0.4 is 0 Å². The first-order chi connectivity index (χ1) is 9.02. The standard InChI is InChI=1S/C15H30N2O2/c1-5-15(18)16(4)11-14-12-17(9-10-19-14)8-6-7-13(2)3/h13-14H,5-12H2,1-4H3/t14-/m0/s1. The summed E-state index contributed by atoms with van der Waals surface area (Å²) < 4.78 is 5.77. The van der Waals surface area contributed by atoms with Crippen molar-refractivity contribution in [1.82, 2.24) is 9.80 Å². The van der Waals surface area contributed by atoms with Gasteiger partial charge in [0.15, 0.2) is 0 Å². The fraction of sp³-hybridized carbons (Fsp3) is 0.933. The second-order valence-electron chi connectivity index (χ2n) is 5.96. The van der Waals surface area contributed by atoms with Gasteiger partial charge in [-0.1, -0.05) is 20.8 Å². The van der Waals surface area contributed by atoms with Gasteiger partial charge in [-0.15, -0.1) is 0 Å². The van der Waals surface area contributed by atoms with Crippen LogP contribution in [-0.2, 0) is 9.53 Å². The van der Waals surface area contributed by atoms with Crippen LogP contribution in [0.2, 0.25) is 0 Å². The maximum atomic E-state index is 11.6. The van der Waals surface area contributed by atoms with E-state index in [0.717, 1.165) is 32.2 Å². The van der Waals surface area contributed by atoms with Crippen molar-refractivity contribution >= 4 is 5.91 Å². The molecule has 1 saturated heterocycles. The van der Waals surface area contributed by atoms with Gasteiger partial charge < -0.3 is 9.64 Å². The molecule has 1 amide bonds. The van der Waals surface area contributed by atoms with Crippen molar-refractivity contribution in [1.29, 1.82) is 0 Å². The Morgan fingerprint density at radius 1 is 1.47 bits per heavy atom. The minimum absolute atomic E-state index is 0.174. The van der Waals surface area contributed by atoms with Crippen LogP contribution in [0.5, 0.6) is 0 Å². The monoisotopic (exact) mass is 270 g/mol.